The Hall–Kier alpha value is -2.39. The van der Waals surface area contributed by atoms with Crippen LogP contribution in [0.1, 0.15) is 25.8 Å². The lowest BCUT2D eigenvalue weighted by Gasteiger charge is -2.47. The highest BCUT2D eigenvalue weighted by atomic mass is 35.5. The van der Waals surface area contributed by atoms with Crippen LogP contribution in [0.15, 0.2) is 17.1 Å². The first-order valence-electron chi connectivity index (χ1n) is 8.19. The minimum atomic E-state index is -1.66. The van der Waals surface area contributed by atoms with E-state index in [1.54, 1.807) is 6.92 Å². The molecule has 0 bridgehead atoms. The smallest absolute Gasteiger partial charge is 0.449 e. The second-order valence-corrected chi connectivity index (χ2v) is 7.26. The largest absolute Gasteiger partial charge is 0.511 e. The van der Waals surface area contributed by atoms with Gasteiger partial charge in [0.15, 0.2) is 11.6 Å². The number of nitrogens with zero attached hydrogens (tertiary/aromatic N) is 2. The van der Waals surface area contributed by atoms with Crippen LogP contribution in [0.5, 0.6) is 5.75 Å². The number of carboxylic acid groups (broad SMARTS) is 1. The maximum atomic E-state index is 15.2. The lowest BCUT2D eigenvalue weighted by Crippen LogP contribution is -2.66. The van der Waals surface area contributed by atoms with Gasteiger partial charge in [0.2, 0.25) is 5.43 Å². The molecule has 1 aromatic heterocycles. The number of hydrogen-bond acceptors (Lipinski definition) is 5. The zero-order chi connectivity index (χ0) is 18.8. The highest BCUT2D eigenvalue weighted by Gasteiger charge is 2.39. The number of fused-ring (bicyclic) bond motifs is 1. The normalized spacial score (nSPS) is 18.0. The quantitative estimate of drug-likeness (QED) is 0.767. The van der Waals surface area contributed by atoms with Gasteiger partial charge in [0, 0.05) is 24.7 Å². The average molecular weight is 402 g/mol. The van der Waals surface area contributed by atoms with E-state index in [2.05, 4.69) is 4.74 Å². The van der Waals surface area contributed by atoms with Gasteiger partial charge in [0.1, 0.15) is 11.5 Å². The van der Waals surface area contributed by atoms with Gasteiger partial charge in [0.05, 0.1) is 17.1 Å². The molecule has 1 aliphatic heterocycles. The summed E-state index contributed by atoms with van der Waals surface area (Å²) in [5.74, 6) is -2.21. The van der Waals surface area contributed by atoms with E-state index in [1.165, 1.54) is 15.7 Å². The maximum Gasteiger partial charge on any atom is 0.511 e. The number of rotatable bonds is 3. The van der Waals surface area contributed by atoms with Gasteiger partial charge < -0.3 is 25.0 Å². The van der Waals surface area contributed by atoms with Gasteiger partial charge in [-0.2, -0.15) is 0 Å². The zero-order valence-corrected chi connectivity index (χ0v) is 15.2. The van der Waals surface area contributed by atoms with Crippen molar-refractivity contribution < 1.29 is 23.4 Å². The molecular weight excluding hydrogens is 384 g/mol. The Morgan fingerprint density at radius 3 is 2.52 bits per heavy atom. The Morgan fingerprint density at radius 2 is 2.00 bits per heavy atom. The monoisotopic (exact) mass is 401 g/mol. The summed E-state index contributed by atoms with van der Waals surface area (Å²) in [6, 6.07) is 0.855. The van der Waals surface area contributed by atoms with Crippen molar-refractivity contribution in [2.75, 3.05) is 18.0 Å². The Balaban J connectivity index is 0.00000210. The van der Waals surface area contributed by atoms with Crippen molar-refractivity contribution in [1.82, 2.24) is 4.57 Å². The van der Waals surface area contributed by atoms with Gasteiger partial charge in [-0.05, 0) is 25.8 Å². The van der Waals surface area contributed by atoms with Gasteiger partial charge >= 0.3 is 6.16 Å². The topological polar surface area (TPSA) is 97.8 Å². The van der Waals surface area contributed by atoms with Crippen LogP contribution < -0.4 is 20.8 Å². The number of carbonyl (C=O) groups is 1. The molecule has 3 N–H and O–H groups in total. The number of benzene rings is 1. The Bertz CT molecular complexity index is 996. The molecule has 2 aromatic rings. The number of halogens is 3. The van der Waals surface area contributed by atoms with E-state index in [1.807, 2.05) is 0 Å². The first-order valence-corrected chi connectivity index (χ1v) is 8.19. The van der Waals surface area contributed by atoms with Gasteiger partial charge in [-0.25, -0.2) is 13.6 Å². The summed E-state index contributed by atoms with van der Waals surface area (Å²) >= 11 is 0. The van der Waals surface area contributed by atoms with Crippen molar-refractivity contribution in [2.24, 2.45) is 5.73 Å². The second-order valence-electron chi connectivity index (χ2n) is 7.26. The van der Waals surface area contributed by atoms with Crippen molar-refractivity contribution in [2.45, 2.75) is 31.3 Å². The van der Waals surface area contributed by atoms with E-state index in [-0.39, 0.29) is 35.0 Å². The van der Waals surface area contributed by atoms with Gasteiger partial charge in [0.25, 0.3) is 0 Å². The van der Waals surface area contributed by atoms with Gasteiger partial charge in [-0.1, -0.05) is 0 Å². The lowest BCUT2D eigenvalue weighted by molar-refractivity contribution is 0.143. The molecular formula is C17H18ClF2N3O4. The molecule has 1 aliphatic carbocycles. The minimum Gasteiger partial charge on any atom is -0.449 e. The van der Waals surface area contributed by atoms with Crippen LogP contribution in [0.25, 0.3) is 10.9 Å². The fraction of sp³-hybridized carbons (Fsp3) is 0.412. The van der Waals surface area contributed by atoms with Crippen molar-refractivity contribution >= 4 is 35.2 Å². The van der Waals surface area contributed by atoms with E-state index in [4.69, 9.17) is 10.8 Å². The van der Waals surface area contributed by atoms with E-state index >= 15 is 4.39 Å². The third-order valence-electron chi connectivity index (χ3n) is 4.71. The molecule has 27 heavy (non-hydrogen) atoms. The molecule has 0 atom stereocenters. The number of ether oxygens (including phenoxy) is 1. The SMILES string of the molecule is CC1(N)CN(c2c(F)cc3c(=O)c(OC(=O)O)cn(C4CC4)c3c2F)C1.Cl. The molecule has 2 heterocycles. The van der Waals surface area contributed by atoms with Gasteiger partial charge in [-0.15, -0.1) is 12.4 Å². The predicted octanol–water partition coefficient (Wildman–Crippen LogP) is 2.63. The van der Waals surface area contributed by atoms with Crippen molar-refractivity contribution in [3.63, 3.8) is 0 Å². The lowest BCUT2D eigenvalue weighted by atomic mass is 9.92. The van der Waals surface area contributed by atoms with E-state index < -0.39 is 34.5 Å². The fourth-order valence-electron chi connectivity index (χ4n) is 3.49. The molecule has 1 saturated heterocycles. The van der Waals surface area contributed by atoms with Crippen LogP contribution in [0, 0.1) is 11.6 Å². The molecule has 0 radical (unpaired) electrons. The summed E-state index contributed by atoms with van der Waals surface area (Å²) in [4.78, 5) is 24.8. The van der Waals surface area contributed by atoms with Crippen LogP contribution >= 0.6 is 12.4 Å². The van der Waals surface area contributed by atoms with E-state index in [0.717, 1.165) is 18.9 Å². The highest BCUT2D eigenvalue weighted by Crippen LogP contribution is 2.41. The van der Waals surface area contributed by atoms with Crippen LogP contribution in [-0.4, -0.2) is 34.5 Å². The summed E-state index contributed by atoms with van der Waals surface area (Å²) < 4.78 is 35.8. The number of hydrogen-bond donors (Lipinski definition) is 2. The fourth-order valence-corrected chi connectivity index (χ4v) is 3.49. The standard InChI is InChI=1S/C17H17F2N3O4.ClH/c1-17(20)6-21(7-17)14-10(18)4-9-13(12(14)19)22(8-2-3-8)5-11(15(9)23)26-16(24)25;/h4-5,8H,2-3,6-7,20H2,1H3,(H,24,25);1H. The van der Waals surface area contributed by atoms with E-state index in [9.17, 15) is 14.0 Å². The third kappa shape index (κ3) is 3.21. The summed E-state index contributed by atoms with van der Waals surface area (Å²) in [6.07, 6.45) is 1.02. The van der Waals surface area contributed by atoms with Crippen LogP contribution in [0.3, 0.4) is 0 Å². The Labute approximate surface area is 158 Å². The molecule has 146 valence electrons. The van der Waals surface area contributed by atoms with E-state index in [0.29, 0.717) is 13.1 Å². The Kier molecular flexibility index (Phi) is 4.55. The first-order chi connectivity index (χ1) is 12.2. The molecule has 4 rings (SSSR count). The third-order valence-corrected chi connectivity index (χ3v) is 4.71. The molecule has 2 aliphatic rings. The summed E-state index contributed by atoms with van der Waals surface area (Å²) in [5.41, 5.74) is 4.27. The molecule has 1 aromatic carbocycles. The first kappa shape index (κ1) is 19.4. The van der Waals surface area contributed by atoms with Crippen molar-refractivity contribution in [3.8, 4) is 5.75 Å². The van der Waals surface area contributed by atoms with Gasteiger partial charge in [-0.3, -0.25) is 4.79 Å². The number of nitrogens with two attached hydrogens (primary N) is 1. The molecule has 1 saturated carbocycles. The molecule has 0 amide bonds. The molecule has 2 fully saturated rings. The molecule has 7 nitrogen and oxygen atoms in total. The average Bonchev–Trinajstić information content (AvgIpc) is 3.32. The Morgan fingerprint density at radius 1 is 1.37 bits per heavy atom. The van der Waals surface area contributed by atoms with Crippen LogP contribution in [0.4, 0.5) is 19.3 Å². The number of aromatic nitrogens is 1. The maximum absolute atomic E-state index is 15.2. The van der Waals surface area contributed by atoms with Crippen LogP contribution in [0.2, 0.25) is 0 Å². The highest BCUT2D eigenvalue weighted by molar-refractivity contribution is 5.86. The van der Waals surface area contributed by atoms with Crippen molar-refractivity contribution in [3.05, 3.63) is 34.1 Å². The molecule has 10 heteroatoms. The summed E-state index contributed by atoms with van der Waals surface area (Å²) in [6.45, 7) is 2.37. The molecule has 0 unspecified atom stereocenters. The second kappa shape index (κ2) is 6.35. The molecule has 0 spiro atoms. The van der Waals surface area contributed by atoms with Crippen molar-refractivity contribution in [1.29, 1.82) is 0 Å². The van der Waals surface area contributed by atoms with Crippen LogP contribution in [-0.2, 0) is 0 Å². The number of pyridine rings is 1. The minimum absolute atomic E-state index is 0. The summed E-state index contributed by atoms with van der Waals surface area (Å²) in [7, 11) is 0. The summed E-state index contributed by atoms with van der Waals surface area (Å²) in [5, 5.41) is 8.54. The number of anilines is 1. The zero-order valence-electron chi connectivity index (χ0n) is 14.4. The predicted molar refractivity (Wildman–Crippen MR) is 97.1 cm³/mol.